The van der Waals surface area contributed by atoms with Crippen molar-refractivity contribution >= 4 is 32.6 Å². The van der Waals surface area contributed by atoms with Crippen LogP contribution in [-0.2, 0) is 4.79 Å². The minimum atomic E-state index is 0.0208. The Morgan fingerprint density at radius 3 is 3.14 bits per heavy atom. The lowest BCUT2D eigenvalue weighted by molar-refractivity contribution is -0.117. The van der Waals surface area contributed by atoms with Gasteiger partial charge in [0, 0.05) is 6.54 Å². The van der Waals surface area contributed by atoms with Gasteiger partial charge in [-0.1, -0.05) is 23.5 Å². The molecule has 1 aromatic heterocycles. The van der Waals surface area contributed by atoms with Gasteiger partial charge in [-0.3, -0.25) is 9.69 Å². The van der Waals surface area contributed by atoms with Gasteiger partial charge in [0.2, 0.25) is 5.91 Å². The zero-order valence-corrected chi connectivity index (χ0v) is 13.4. The predicted octanol–water partition coefficient (Wildman–Crippen LogP) is 2.30. The summed E-state index contributed by atoms with van der Waals surface area (Å²) >= 11 is 1.52. The van der Waals surface area contributed by atoms with Crippen LogP contribution in [0.2, 0.25) is 0 Å². The largest absolute Gasteiger partial charge is 0.330 e. The Morgan fingerprint density at radius 2 is 2.32 bits per heavy atom. The number of thiazole rings is 1. The van der Waals surface area contributed by atoms with Crippen molar-refractivity contribution in [2.45, 2.75) is 19.3 Å². The summed E-state index contributed by atoms with van der Waals surface area (Å²) in [4.78, 5) is 18.9. The zero-order valence-electron chi connectivity index (χ0n) is 12.6. The number of fused-ring (bicyclic) bond motifs is 1. The summed E-state index contributed by atoms with van der Waals surface area (Å²) in [5.74, 6) is 0.654. The van der Waals surface area contributed by atoms with Crippen LogP contribution in [0.1, 0.15) is 19.3 Å². The van der Waals surface area contributed by atoms with Gasteiger partial charge in [0.1, 0.15) is 0 Å². The van der Waals surface area contributed by atoms with E-state index in [4.69, 9.17) is 5.73 Å². The van der Waals surface area contributed by atoms with Crippen molar-refractivity contribution in [2.24, 2.45) is 11.7 Å². The van der Waals surface area contributed by atoms with E-state index in [1.807, 2.05) is 24.3 Å². The average Bonchev–Trinajstić information content (AvgIpc) is 2.89. The number of likely N-dealkylation sites (tertiary alicyclic amines) is 1. The van der Waals surface area contributed by atoms with E-state index >= 15 is 0 Å². The van der Waals surface area contributed by atoms with Gasteiger partial charge < -0.3 is 11.1 Å². The normalized spacial score (nSPS) is 19.4. The van der Waals surface area contributed by atoms with E-state index in [1.54, 1.807) is 0 Å². The van der Waals surface area contributed by atoms with Crippen LogP contribution >= 0.6 is 11.3 Å². The summed E-state index contributed by atoms with van der Waals surface area (Å²) in [6, 6.07) is 7.92. The molecule has 2 heterocycles. The lowest BCUT2D eigenvalue weighted by atomic mass is 9.95. The molecule has 1 amide bonds. The minimum absolute atomic E-state index is 0.0208. The standard InChI is InChI=1S/C16H22N4OS/c17-8-7-12-4-3-9-20(10-12)11-15(21)19-16-18-13-5-1-2-6-14(13)22-16/h1-2,5-6,12H,3-4,7-11,17H2,(H,18,19,21). The second-order valence-corrected chi connectivity index (χ2v) is 6.89. The summed E-state index contributed by atoms with van der Waals surface area (Å²) < 4.78 is 1.10. The number of nitrogens with one attached hydrogen (secondary N) is 1. The molecule has 6 heteroatoms. The quantitative estimate of drug-likeness (QED) is 0.887. The number of hydrogen-bond donors (Lipinski definition) is 2. The van der Waals surface area contributed by atoms with E-state index in [0.29, 0.717) is 17.6 Å². The molecule has 0 saturated carbocycles. The van der Waals surface area contributed by atoms with Gasteiger partial charge in [-0.2, -0.15) is 0 Å². The van der Waals surface area contributed by atoms with Gasteiger partial charge in [-0.25, -0.2) is 4.98 Å². The van der Waals surface area contributed by atoms with Crippen molar-refractivity contribution in [1.29, 1.82) is 0 Å². The number of aromatic nitrogens is 1. The second-order valence-electron chi connectivity index (χ2n) is 5.86. The third-order valence-corrected chi connectivity index (χ3v) is 5.04. The van der Waals surface area contributed by atoms with E-state index in [2.05, 4.69) is 15.2 Å². The molecule has 0 aliphatic carbocycles. The smallest absolute Gasteiger partial charge is 0.240 e. The van der Waals surface area contributed by atoms with Crippen molar-refractivity contribution in [3.05, 3.63) is 24.3 Å². The maximum absolute atomic E-state index is 12.2. The first-order valence-corrected chi connectivity index (χ1v) is 8.64. The number of amides is 1. The van der Waals surface area contributed by atoms with Crippen LogP contribution in [0, 0.1) is 5.92 Å². The molecule has 3 rings (SSSR count). The van der Waals surface area contributed by atoms with Crippen LogP contribution in [0.25, 0.3) is 10.2 Å². The molecule has 1 fully saturated rings. The highest BCUT2D eigenvalue weighted by Gasteiger charge is 2.21. The number of anilines is 1. The Bertz CT molecular complexity index is 607. The van der Waals surface area contributed by atoms with Crippen molar-refractivity contribution in [3.8, 4) is 0 Å². The average molecular weight is 318 g/mol. The minimum Gasteiger partial charge on any atom is -0.330 e. The fraction of sp³-hybridized carbons (Fsp3) is 0.500. The number of para-hydroxylation sites is 1. The zero-order chi connectivity index (χ0) is 15.4. The summed E-state index contributed by atoms with van der Waals surface area (Å²) in [5, 5.41) is 3.61. The molecule has 1 aliphatic heterocycles. The van der Waals surface area contributed by atoms with Crippen molar-refractivity contribution in [2.75, 3.05) is 31.5 Å². The molecule has 0 bridgehead atoms. The summed E-state index contributed by atoms with van der Waals surface area (Å²) in [5.41, 5.74) is 6.57. The molecule has 5 nitrogen and oxygen atoms in total. The van der Waals surface area contributed by atoms with E-state index < -0.39 is 0 Å². The third kappa shape index (κ3) is 3.82. The Morgan fingerprint density at radius 1 is 1.45 bits per heavy atom. The number of piperidine rings is 1. The number of carbonyl (C=O) groups is 1. The van der Waals surface area contributed by atoms with Crippen molar-refractivity contribution in [1.82, 2.24) is 9.88 Å². The van der Waals surface area contributed by atoms with Crippen LogP contribution in [0.4, 0.5) is 5.13 Å². The molecular weight excluding hydrogens is 296 g/mol. The van der Waals surface area contributed by atoms with Gasteiger partial charge in [0.25, 0.3) is 0 Å². The number of carbonyl (C=O) groups excluding carboxylic acids is 1. The molecule has 1 aliphatic rings. The molecule has 0 radical (unpaired) electrons. The summed E-state index contributed by atoms with van der Waals surface area (Å²) in [6.07, 6.45) is 3.43. The van der Waals surface area contributed by atoms with E-state index in [-0.39, 0.29) is 5.91 Å². The lowest BCUT2D eigenvalue weighted by Crippen LogP contribution is -2.40. The molecule has 1 aromatic carbocycles. The van der Waals surface area contributed by atoms with E-state index in [0.717, 1.165) is 42.7 Å². The molecule has 118 valence electrons. The van der Waals surface area contributed by atoms with Crippen molar-refractivity contribution < 1.29 is 4.79 Å². The number of hydrogen-bond acceptors (Lipinski definition) is 5. The Kier molecular flexibility index (Phi) is 5.02. The third-order valence-electron chi connectivity index (χ3n) is 4.09. The molecule has 1 saturated heterocycles. The van der Waals surface area contributed by atoms with Gasteiger partial charge in [0.15, 0.2) is 5.13 Å². The summed E-state index contributed by atoms with van der Waals surface area (Å²) in [7, 11) is 0. The van der Waals surface area contributed by atoms with Gasteiger partial charge >= 0.3 is 0 Å². The molecular formula is C16H22N4OS. The van der Waals surface area contributed by atoms with Crippen LogP contribution in [0.3, 0.4) is 0 Å². The van der Waals surface area contributed by atoms with Crippen LogP contribution in [-0.4, -0.2) is 42.0 Å². The summed E-state index contributed by atoms with van der Waals surface area (Å²) in [6.45, 7) is 3.15. The van der Waals surface area contributed by atoms with Crippen molar-refractivity contribution in [3.63, 3.8) is 0 Å². The first kappa shape index (κ1) is 15.4. The SMILES string of the molecule is NCCC1CCCN(CC(=O)Nc2nc3ccccc3s2)C1. The molecule has 3 N–H and O–H groups in total. The van der Waals surface area contributed by atoms with Gasteiger partial charge in [0.05, 0.1) is 16.8 Å². The number of nitrogens with two attached hydrogens (primary N) is 1. The Hall–Kier alpha value is -1.50. The van der Waals surface area contributed by atoms with E-state index in [1.165, 1.54) is 17.8 Å². The molecule has 1 unspecified atom stereocenters. The fourth-order valence-corrected chi connectivity index (χ4v) is 3.94. The first-order chi connectivity index (χ1) is 10.7. The monoisotopic (exact) mass is 318 g/mol. The fourth-order valence-electron chi connectivity index (χ4n) is 3.05. The predicted molar refractivity (Wildman–Crippen MR) is 91.1 cm³/mol. The van der Waals surface area contributed by atoms with E-state index in [9.17, 15) is 4.79 Å². The molecule has 22 heavy (non-hydrogen) atoms. The topological polar surface area (TPSA) is 71.2 Å². The second kappa shape index (κ2) is 7.17. The molecule has 2 aromatic rings. The maximum atomic E-state index is 12.2. The highest BCUT2D eigenvalue weighted by molar-refractivity contribution is 7.22. The van der Waals surface area contributed by atoms with Crippen LogP contribution < -0.4 is 11.1 Å². The Balaban J connectivity index is 1.55. The van der Waals surface area contributed by atoms with Gasteiger partial charge in [-0.15, -0.1) is 0 Å². The number of benzene rings is 1. The van der Waals surface area contributed by atoms with Gasteiger partial charge in [-0.05, 0) is 50.4 Å². The Labute approximate surface area is 134 Å². The highest BCUT2D eigenvalue weighted by atomic mass is 32.1. The van der Waals surface area contributed by atoms with Crippen LogP contribution in [0.15, 0.2) is 24.3 Å². The lowest BCUT2D eigenvalue weighted by Gasteiger charge is -2.31. The number of rotatable bonds is 5. The first-order valence-electron chi connectivity index (χ1n) is 7.82. The van der Waals surface area contributed by atoms with Crippen LogP contribution in [0.5, 0.6) is 0 Å². The number of nitrogens with zero attached hydrogens (tertiary/aromatic N) is 2. The maximum Gasteiger partial charge on any atom is 0.240 e. The highest BCUT2D eigenvalue weighted by Crippen LogP contribution is 2.25. The molecule has 1 atom stereocenters. The molecule has 0 spiro atoms.